The van der Waals surface area contributed by atoms with E-state index in [1.54, 1.807) is 17.4 Å². The molecule has 132 valence electrons. The molecule has 6 nitrogen and oxygen atoms in total. The van der Waals surface area contributed by atoms with Gasteiger partial charge in [-0.05, 0) is 34.5 Å². The first-order valence-corrected chi connectivity index (χ1v) is 10.3. The van der Waals surface area contributed by atoms with E-state index in [-0.39, 0.29) is 36.5 Å². The molecule has 0 unspecified atom stereocenters. The summed E-state index contributed by atoms with van der Waals surface area (Å²) in [5.74, 6) is -0.646. The van der Waals surface area contributed by atoms with Gasteiger partial charge in [-0.3, -0.25) is 0 Å². The Hall–Kier alpha value is -1.74. The van der Waals surface area contributed by atoms with Crippen molar-refractivity contribution in [3.63, 3.8) is 0 Å². The number of aliphatic hydroxyl groups is 1. The van der Waals surface area contributed by atoms with Gasteiger partial charge in [0.15, 0.2) is 0 Å². The summed E-state index contributed by atoms with van der Waals surface area (Å²) >= 11 is 1.56. The number of esters is 1. The number of benzene rings is 1. The van der Waals surface area contributed by atoms with Gasteiger partial charge in [0.05, 0.1) is 10.5 Å². The summed E-state index contributed by atoms with van der Waals surface area (Å²) in [6, 6.07) is 6.51. The average molecular weight is 379 g/mol. The molecule has 1 N–H and O–H groups in total. The lowest BCUT2D eigenvalue weighted by molar-refractivity contribution is 0.0535. The van der Waals surface area contributed by atoms with Gasteiger partial charge in [0.25, 0.3) is 0 Å². The molecule has 1 aromatic carbocycles. The molecule has 1 aromatic heterocycles. The third-order valence-electron chi connectivity index (χ3n) is 4.91. The van der Waals surface area contributed by atoms with Gasteiger partial charge in [-0.25, -0.2) is 13.2 Å². The second-order valence-corrected chi connectivity index (χ2v) is 9.04. The van der Waals surface area contributed by atoms with Crippen LogP contribution in [0.25, 0.3) is 0 Å². The number of thiophene rings is 1. The van der Waals surface area contributed by atoms with Crippen molar-refractivity contribution in [1.29, 1.82) is 0 Å². The van der Waals surface area contributed by atoms with Crippen molar-refractivity contribution in [2.24, 2.45) is 5.92 Å². The maximum Gasteiger partial charge on any atom is 0.338 e. The van der Waals surface area contributed by atoms with Crippen molar-refractivity contribution in [2.75, 3.05) is 19.7 Å². The SMILES string of the molecule is O=C1OCc2ccc(S(=O)(=O)N3C[C@@H](CO)[C@H](c4ccsc4)C3)cc21. The highest BCUT2D eigenvalue weighted by Crippen LogP contribution is 2.36. The molecule has 1 saturated heterocycles. The highest BCUT2D eigenvalue weighted by molar-refractivity contribution is 7.89. The zero-order valence-electron chi connectivity index (χ0n) is 13.3. The van der Waals surface area contributed by atoms with Crippen LogP contribution in [0.5, 0.6) is 0 Å². The van der Waals surface area contributed by atoms with Crippen molar-refractivity contribution < 1.29 is 23.1 Å². The Labute approximate surface area is 149 Å². The Morgan fingerprint density at radius 3 is 2.84 bits per heavy atom. The molecule has 4 rings (SSSR count). The minimum Gasteiger partial charge on any atom is -0.457 e. The molecule has 0 bridgehead atoms. The summed E-state index contributed by atoms with van der Waals surface area (Å²) in [6.45, 7) is 0.709. The molecule has 8 heteroatoms. The summed E-state index contributed by atoms with van der Waals surface area (Å²) in [6.07, 6.45) is 0. The topological polar surface area (TPSA) is 83.9 Å². The Bertz CT molecular complexity index is 907. The normalized spacial score (nSPS) is 23.6. The van der Waals surface area contributed by atoms with Crippen LogP contribution in [-0.4, -0.2) is 43.5 Å². The van der Waals surface area contributed by atoms with Crippen LogP contribution in [0.4, 0.5) is 0 Å². The van der Waals surface area contributed by atoms with E-state index in [9.17, 15) is 18.3 Å². The molecule has 25 heavy (non-hydrogen) atoms. The van der Waals surface area contributed by atoms with Crippen LogP contribution in [0.2, 0.25) is 0 Å². The number of hydrogen-bond acceptors (Lipinski definition) is 6. The van der Waals surface area contributed by atoms with Gasteiger partial charge in [-0.2, -0.15) is 15.6 Å². The van der Waals surface area contributed by atoms with Crippen LogP contribution in [-0.2, 0) is 21.4 Å². The molecular formula is C17H17NO5S2. The Kier molecular flexibility index (Phi) is 4.15. The fourth-order valence-electron chi connectivity index (χ4n) is 3.48. The summed E-state index contributed by atoms with van der Waals surface area (Å²) < 4.78 is 32.4. The monoisotopic (exact) mass is 379 g/mol. The third-order valence-corrected chi connectivity index (χ3v) is 7.44. The van der Waals surface area contributed by atoms with E-state index in [2.05, 4.69) is 0 Å². The number of nitrogens with zero attached hydrogens (tertiary/aromatic N) is 1. The maximum absolute atomic E-state index is 13.0. The zero-order chi connectivity index (χ0) is 17.6. The molecule has 0 saturated carbocycles. The highest BCUT2D eigenvalue weighted by atomic mass is 32.2. The Morgan fingerprint density at radius 2 is 2.12 bits per heavy atom. The van der Waals surface area contributed by atoms with Crippen molar-refractivity contribution in [2.45, 2.75) is 17.4 Å². The minimum atomic E-state index is -3.73. The molecule has 2 atom stereocenters. The van der Waals surface area contributed by atoms with Crippen LogP contribution in [0.3, 0.4) is 0 Å². The molecule has 3 heterocycles. The zero-order valence-corrected chi connectivity index (χ0v) is 14.9. The maximum atomic E-state index is 13.0. The molecule has 2 aromatic rings. The number of fused-ring (bicyclic) bond motifs is 1. The number of carbonyl (C=O) groups is 1. The van der Waals surface area contributed by atoms with E-state index in [0.29, 0.717) is 17.7 Å². The van der Waals surface area contributed by atoms with Gasteiger partial charge in [-0.1, -0.05) is 6.07 Å². The summed E-state index contributed by atoms with van der Waals surface area (Å²) in [5, 5.41) is 13.6. The van der Waals surface area contributed by atoms with E-state index in [0.717, 1.165) is 5.56 Å². The number of sulfonamides is 1. The molecule has 2 aliphatic heterocycles. The standard InChI is InChI=1S/C17H17NO5S2/c19-8-13-6-18(7-16(13)12-3-4-24-10-12)25(21,22)14-2-1-11-9-23-17(20)15(11)5-14/h1-5,10,13,16,19H,6-9H2/t13-,16-/m0/s1. The number of aliphatic hydroxyl groups excluding tert-OH is 1. The number of ether oxygens (including phenoxy) is 1. The molecule has 1 fully saturated rings. The van der Waals surface area contributed by atoms with E-state index in [4.69, 9.17) is 4.74 Å². The van der Waals surface area contributed by atoms with Crippen LogP contribution in [0, 0.1) is 5.92 Å². The van der Waals surface area contributed by atoms with Crippen LogP contribution < -0.4 is 0 Å². The Balaban J connectivity index is 1.65. The van der Waals surface area contributed by atoms with Gasteiger partial charge in [0, 0.05) is 37.1 Å². The first kappa shape index (κ1) is 16.7. The molecule has 0 aliphatic carbocycles. The fourth-order valence-corrected chi connectivity index (χ4v) is 5.75. The molecular weight excluding hydrogens is 362 g/mol. The smallest absolute Gasteiger partial charge is 0.338 e. The second kappa shape index (κ2) is 6.21. The first-order valence-electron chi connectivity index (χ1n) is 7.94. The lowest BCUT2D eigenvalue weighted by Crippen LogP contribution is -2.29. The van der Waals surface area contributed by atoms with Crippen molar-refractivity contribution in [3.05, 3.63) is 51.7 Å². The van der Waals surface area contributed by atoms with E-state index in [1.807, 2.05) is 16.8 Å². The van der Waals surface area contributed by atoms with E-state index in [1.165, 1.54) is 16.4 Å². The van der Waals surface area contributed by atoms with Gasteiger partial charge >= 0.3 is 5.97 Å². The van der Waals surface area contributed by atoms with Crippen molar-refractivity contribution >= 4 is 27.3 Å². The van der Waals surface area contributed by atoms with E-state index < -0.39 is 16.0 Å². The van der Waals surface area contributed by atoms with E-state index >= 15 is 0 Å². The summed E-state index contributed by atoms with van der Waals surface area (Å²) in [4.78, 5) is 11.8. The number of carbonyl (C=O) groups excluding carboxylic acids is 1. The van der Waals surface area contributed by atoms with Crippen LogP contribution in [0.1, 0.15) is 27.4 Å². The van der Waals surface area contributed by atoms with Crippen LogP contribution in [0.15, 0.2) is 39.9 Å². The third kappa shape index (κ3) is 2.79. The first-order chi connectivity index (χ1) is 12.0. The summed E-state index contributed by atoms with van der Waals surface area (Å²) in [7, 11) is -3.73. The molecule has 2 aliphatic rings. The summed E-state index contributed by atoms with van der Waals surface area (Å²) in [5.41, 5.74) is 2.07. The van der Waals surface area contributed by atoms with Gasteiger partial charge in [-0.15, -0.1) is 0 Å². The lowest BCUT2D eigenvalue weighted by atomic mass is 9.92. The van der Waals surface area contributed by atoms with Crippen LogP contribution >= 0.6 is 11.3 Å². The molecule has 0 spiro atoms. The number of rotatable bonds is 4. The van der Waals surface area contributed by atoms with Gasteiger partial charge < -0.3 is 9.84 Å². The Morgan fingerprint density at radius 1 is 1.28 bits per heavy atom. The van der Waals surface area contributed by atoms with Gasteiger partial charge in [0.2, 0.25) is 10.0 Å². The number of cyclic esters (lactones) is 1. The van der Waals surface area contributed by atoms with Gasteiger partial charge in [0.1, 0.15) is 6.61 Å². The lowest BCUT2D eigenvalue weighted by Gasteiger charge is -2.16. The predicted octanol–water partition coefficient (Wildman–Crippen LogP) is 1.82. The minimum absolute atomic E-state index is 0.0228. The predicted molar refractivity (Wildman–Crippen MR) is 92.0 cm³/mol. The largest absolute Gasteiger partial charge is 0.457 e. The molecule has 0 amide bonds. The van der Waals surface area contributed by atoms with Crippen molar-refractivity contribution in [1.82, 2.24) is 4.31 Å². The molecule has 0 radical (unpaired) electrons. The quantitative estimate of drug-likeness (QED) is 0.819. The second-order valence-electron chi connectivity index (χ2n) is 6.32. The highest BCUT2D eigenvalue weighted by Gasteiger charge is 2.40. The fraction of sp³-hybridized carbons (Fsp3) is 0.353. The average Bonchev–Trinajstić information content (AvgIpc) is 3.34. The van der Waals surface area contributed by atoms with Crippen molar-refractivity contribution in [3.8, 4) is 0 Å². The number of hydrogen-bond donors (Lipinski definition) is 1.